The van der Waals surface area contributed by atoms with E-state index >= 15 is 0 Å². The average molecular weight is 419 g/mol. The molecular formula is C21H20F3N3O3. The molecule has 0 fully saturated rings. The molecule has 9 heteroatoms. The molecule has 1 aliphatic heterocycles. The summed E-state index contributed by atoms with van der Waals surface area (Å²) in [6, 6.07) is 7.89. The molecule has 0 radical (unpaired) electrons. The molecule has 30 heavy (non-hydrogen) atoms. The number of aromatic nitrogens is 2. The Kier molecular flexibility index (Phi) is 4.17. The first kappa shape index (κ1) is 20.2. The molecule has 6 nitrogen and oxygen atoms in total. The molecule has 4 rings (SSSR count). The second-order valence-electron chi connectivity index (χ2n) is 8.57. The number of ketones is 1. The van der Waals surface area contributed by atoms with Crippen molar-refractivity contribution >= 4 is 17.4 Å². The van der Waals surface area contributed by atoms with Crippen LogP contribution in [0.1, 0.15) is 37.9 Å². The Bertz CT molecular complexity index is 1140. The smallest absolute Gasteiger partial charge is 0.302 e. The summed E-state index contributed by atoms with van der Waals surface area (Å²) in [6.07, 6.45) is -5.26. The first-order chi connectivity index (χ1) is 13.9. The number of nitrogens with one attached hydrogen (secondary N) is 2. The number of benzene rings is 1. The Morgan fingerprint density at radius 1 is 1.00 bits per heavy atom. The Hall–Kier alpha value is -3.10. The van der Waals surface area contributed by atoms with E-state index in [2.05, 4.69) is 10.2 Å². The molecule has 1 aromatic carbocycles. The molecule has 0 spiro atoms. The van der Waals surface area contributed by atoms with Gasteiger partial charge in [-0.1, -0.05) is 32.0 Å². The number of allylic oxidation sites excluding steroid dienone is 1. The molecule has 0 bridgehead atoms. The molecule has 2 aromatic rings. The lowest BCUT2D eigenvalue weighted by Crippen LogP contribution is -2.55. The van der Waals surface area contributed by atoms with Crippen LogP contribution >= 0.6 is 0 Å². The number of amides is 1. The van der Waals surface area contributed by atoms with Crippen molar-refractivity contribution in [2.75, 3.05) is 4.90 Å². The van der Waals surface area contributed by atoms with Gasteiger partial charge in [0.05, 0.1) is 5.56 Å². The topological polar surface area (TPSA) is 86.0 Å². The van der Waals surface area contributed by atoms with E-state index < -0.39 is 45.4 Å². The van der Waals surface area contributed by atoms with E-state index in [0.717, 1.165) is 4.90 Å². The van der Waals surface area contributed by atoms with Crippen LogP contribution in [0, 0.1) is 12.3 Å². The van der Waals surface area contributed by atoms with Crippen LogP contribution in [0.25, 0.3) is 0 Å². The first-order valence-electron chi connectivity index (χ1n) is 9.43. The summed E-state index contributed by atoms with van der Waals surface area (Å²) in [5.41, 5.74) is -6.40. The van der Waals surface area contributed by atoms with E-state index in [4.69, 9.17) is 0 Å². The molecule has 2 heterocycles. The minimum atomic E-state index is -5.20. The van der Waals surface area contributed by atoms with E-state index in [0.29, 0.717) is 0 Å². The molecule has 1 aromatic heterocycles. The van der Waals surface area contributed by atoms with Gasteiger partial charge in [0, 0.05) is 29.1 Å². The molecule has 1 amide bonds. The van der Waals surface area contributed by atoms with Gasteiger partial charge >= 0.3 is 6.18 Å². The summed E-state index contributed by atoms with van der Waals surface area (Å²) < 4.78 is 44.4. The molecule has 1 atom stereocenters. The molecule has 2 N–H and O–H groups in total. The van der Waals surface area contributed by atoms with Crippen molar-refractivity contribution in [1.82, 2.24) is 10.2 Å². The van der Waals surface area contributed by atoms with Crippen molar-refractivity contribution < 1.29 is 22.8 Å². The number of Topliss-reactive ketones (excluding diaryl/α,β-unsaturated/α-hetero) is 1. The van der Waals surface area contributed by atoms with Gasteiger partial charge in [-0.05, 0) is 30.9 Å². The zero-order chi connectivity index (χ0) is 22.1. The molecule has 0 saturated heterocycles. The van der Waals surface area contributed by atoms with Gasteiger partial charge in [-0.3, -0.25) is 24.4 Å². The Labute approximate surface area is 169 Å². The van der Waals surface area contributed by atoms with Crippen molar-refractivity contribution in [2.45, 2.75) is 45.2 Å². The summed E-state index contributed by atoms with van der Waals surface area (Å²) in [5.74, 6) is -2.13. The molecule has 158 valence electrons. The van der Waals surface area contributed by atoms with Gasteiger partial charge in [0.15, 0.2) is 5.78 Å². The molecule has 2 aliphatic rings. The number of para-hydroxylation sites is 1. The van der Waals surface area contributed by atoms with E-state index in [-0.39, 0.29) is 29.9 Å². The number of carbonyl (C=O) groups excluding carboxylic acids is 2. The third kappa shape index (κ3) is 2.54. The van der Waals surface area contributed by atoms with Crippen LogP contribution in [-0.4, -0.2) is 28.1 Å². The number of halogens is 3. The van der Waals surface area contributed by atoms with Gasteiger partial charge in [-0.25, -0.2) is 0 Å². The summed E-state index contributed by atoms with van der Waals surface area (Å²) in [6.45, 7) is 4.81. The van der Waals surface area contributed by atoms with Gasteiger partial charge in [-0.2, -0.15) is 13.2 Å². The number of hydrogen-bond donors (Lipinski definition) is 2. The maximum atomic E-state index is 14.8. The monoisotopic (exact) mass is 419 g/mol. The third-order valence-corrected chi connectivity index (χ3v) is 5.80. The summed E-state index contributed by atoms with van der Waals surface area (Å²) in [7, 11) is 0. The number of anilines is 1. The number of alkyl halides is 3. The van der Waals surface area contributed by atoms with Crippen molar-refractivity contribution in [3.63, 3.8) is 0 Å². The lowest BCUT2D eigenvalue weighted by Gasteiger charge is -2.34. The summed E-state index contributed by atoms with van der Waals surface area (Å²) in [5, 5.41) is 4.50. The minimum absolute atomic E-state index is 0.00442. The second kappa shape index (κ2) is 6.20. The van der Waals surface area contributed by atoms with Gasteiger partial charge in [0.1, 0.15) is 0 Å². The standard InChI is InChI=1S/C21H20F3N3O3/c1-11-15(17(29)26-25-11)20(21(22,23)24)16-13(9-19(2,3)10-14(16)28)27(18(20)30)12-7-5-4-6-8-12/h4-8H,9-10H2,1-3H3,(H2,25,26,29). The van der Waals surface area contributed by atoms with Crippen molar-refractivity contribution in [3.8, 4) is 0 Å². The highest BCUT2D eigenvalue weighted by Gasteiger charge is 2.73. The zero-order valence-corrected chi connectivity index (χ0v) is 16.6. The molecule has 0 saturated carbocycles. The van der Waals surface area contributed by atoms with E-state index in [1.54, 1.807) is 32.0 Å². The zero-order valence-electron chi connectivity index (χ0n) is 16.6. The number of rotatable bonds is 2. The van der Waals surface area contributed by atoms with E-state index in [9.17, 15) is 27.6 Å². The van der Waals surface area contributed by atoms with Crippen LogP contribution in [0.2, 0.25) is 0 Å². The average Bonchev–Trinajstić information content (AvgIpc) is 3.08. The fourth-order valence-electron chi connectivity index (χ4n) is 4.69. The maximum Gasteiger partial charge on any atom is 0.411 e. The number of hydrogen-bond acceptors (Lipinski definition) is 3. The quantitative estimate of drug-likeness (QED) is 0.781. The van der Waals surface area contributed by atoms with Crippen LogP contribution in [-0.2, 0) is 15.0 Å². The van der Waals surface area contributed by atoms with Crippen molar-refractivity contribution in [3.05, 3.63) is 63.2 Å². The second-order valence-corrected chi connectivity index (χ2v) is 8.57. The van der Waals surface area contributed by atoms with Crippen LogP contribution in [0.5, 0.6) is 0 Å². The predicted molar refractivity (Wildman–Crippen MR) is 103 cm³/mol. The number of aryl methyl sites for hydroxylation is 1. The number of nitrogens with zero attached hydrogens (tertiary/aromatic N) is 1. The fraction of sp³-hybridized carbons (Fsp3) is 0.381. The highest BCUT2D eigenvalue weighted by Crippen LogP contribution is 2.58. The van der Waals surface area contributed by atoms with Crippen molar-refractivity contribution in [2.24, 2.45) is 5.41 Å². The fourth-order valence-corrected chi connectivity index (χ4v) is 4.69. The largest absolute Gasteiger partial charge is 0.411 e. The number of aromatic amines is 2. The van der Waals surface area contributed by atoms with Crippen LogP contribution < -0.4 is 10.5 Å². The Morgan fingerprint density at radius 2 is 1.63 bits per heavy atom. The lowest BCUT2D eigenvalue weighted by molar-refractivity contribution is -0.184. The lowest BCUT2D eigenvalue weighted by atomic mass is 9.66. The van der Waals surface area contributed by atoms with E-state index in [1.807, 2.05) is 0 Å². The minimum Gasteiger partial charge on any atom is -0.302 e. The summed E-state index contributed by atoms with van der Waals surface area (Å²) >= 11 is 0. The van der Waals surface area contributed by atoms with Crippen molar-refractivity contribution in [1.29, 1.82) is 0 Å². The third-order valence-electron chi connectivity index (χ3n) is 5.80. The van der Waals surface area contributed by atoms with Gasteiger partial charge in [0.2, 0.25) is 5.41 Å². The molecular weight excluding hydrogens is 399 g/mol. The maximum absolute atomic E-state index is 14.8. The predicted octanol–water partition coefficient (Wildman–Crippen LogP) is 3.50. The highest BCUT2D eigenvalue weighted by molar-refractivity contribution is 6.19. The number of H-pyrrole nitrogens is 2. The first-order valence-corrected chi connectivity index (χ1v) is 9.43. The summed E-state index contributed by atoms with van der Waals surface area (Å²) in [4.78, 5) is 40.2. The molecule has 1 unspecified atom stereocenters. The van der Waals surface area contributed by atoms with Gasteiger partial charge < -0.3 is 5.10 Å². The Balaban J connectivity index is 2.14. The normalized spacial score (nSPS) is 23.9. The van der Waals surface area contributed by atoms with Crippen LogP contribution in [0.15, 0.2) is 46.4 Å². The number of carbonyl (C=O) groups is 2. The Morgan fingerprint density at radius 3 is 2.17 bits per heavy atom. The van der Waals surface area contributed by atoms with E-state index in [1.165, 1.54) is 19.1 Å². The van der Waals surface area contributed by atoms with Gasteiger partial charge in [0.25, 0.3) is 11.5 Å². The van der Waals surface area contributed by atoms with Gasteiger partial charge in [-0.15, -0.1) is 0 Å². The molecule has 1 aliphatic carbocycles. The van der Waals surface area contributed by atoms with Crippen LogP contribution in [0.4, 0.5) is 18.9 Å². The SMILES string of the molecule is Cc1[nH][nH]c(=O)c1C1(C(F)(F)F)C(=O)N(c2ccccc2)C2=C1C(=O)CC(C)(C)C2. The highest BCUT2D eigenvalue weighted by atomic mass is 19.4. The van der Waals surface area contributed by atoms with Crippen LogP contribution in [0.3, 0.4) is 0 Å².